The van der Waals surface area contributed by atoms with E-state index in [1.165, 1.54) is 35.8 Å². The van der Waals surface area contributed by atoms with Crippen molar-refractivity contribution in [2.24, 2.45) is 0 Å². The molecule has 39 heavy (non-hydrogen) atoms. The Morgan fingerprint density at radius 2 is 1.79 bits per heavy atom. The van der Waals surface area contributed by atoms with Crippen molar-refractivity contribution in [1.29, 1.82) is 5.26 Å². The first-order chi connectivity index (χ1) is 18.9. The first kappa shape index (κ1) is 26.6. The fraction of sp³-hybridized carbons (Fsp3) is 0.138. The second-order valence-corrected chi connectivity index (χ2v) is 8.20. The molecule has 0 radical (unpaired) electrons. The van der Waals surface area contributed by atoms with Crippen LogP contribution < -0.4 is 20.3 Å². The number of pyridine rings is 1. The number of nitriles is 1. The molecule has 0 spiro atoms. The Kier molecular flexibility index (Phi) is 8.02. The number of benzene rings is 2. The zero-order valence-corrected chi connectivity index (χ0v) is 21.4. The van der Waals surface area contributed by atoms with Gasteiger partial charge in [-0.2, -0.15) is 10.2 Å². The Bertz CT molecular complexity index is 1680. The molecule has 4 rings (SSSR count). The predicted molar refractivity (Wildman–Crippen MR) is 144 cm³/mol. The number of ether oxygens (including phenoxy) is 3. The fourth-order valence-corrected chi connectivity index (χ4v) is 3.70. The molecule has 10 heteroatoms. The van der Waals surface area contributed by atoms with Crippen LogP contribution in [0.25, 0.3) is 11.7 Å². The maximum Gasteiger partial charge on any atom is 0.338 e. The smallest absolute Gasteiger partial charge is 0.338 e. The lowest BCUT2D eigenvalue weighted by Gasteiger charge is -2.13. The number of methoxy groups -OCH3 is 1. The van der Waals surface area contributed by atoms with Crippen LogP contribution in [0.5, 0.6) is 17.4 Å². The molecule has 10 nitrogen and oxygen atoms in total. The molecule has 2 aromatic carbocycles. The van der Waals surface area contributed by atoms with E-state index in [4.69, 9.17) is 14.2 Å². The van der Waals surface area contributed by atoms with Gasteiger partial charge >= 0.3 is 5.97 Å². The first-order valence-corrected chi connectivity index (χ1v) is 11.9. The van der Waals surface area contributed by atoms with Gasteiger partial charge in [0.2, 0.25) is 5.88 Å². The van der Waals surface area contributed by atoms with E-state index in [0.29, 0.717) is 28.4 Å². The second kappa shape index (κ2) is 11.7. The van der Waals surface area contributed by atoms with Gasteiger partial charge < -0.3 is 19.5 Å². The molecule has 0 aliphatic rings. The predicted octanol–water partition coefficient (Wildman–Crippen LogP) is 4.53. The summed E-state index contributed by atoms with van der Waals surface area (Å²) in [4.78, 5) is 42.9. The molecular weight excluding hydrogens is 500 g/mol. The lowest BCUT2D eigenvalue weighted by molar-refractivity contribution is -0.112. The maximum atomic E-state index is 13.5. The molecule has 0 saturated heterocycles. The van der Waals surface area contributed by atoms with Crippen molar-refractivity contribution in [2.75, 3.05) is 19.0 Å². The van der Waals surface area contributed by atoms with E-state index >= 15 is 0 Å². The number of rotatable bonds is 8. The van der Waals surface area contributed by atoms with Gasteiger partial charge in [0.15, 0.2) is 11.5 Å². The van der Waals surface area contributed by atoms with Crippen LogP contribution in [0.1, 0.15) is 28.4 Å². The molecule has 0 aliphatic carbocycles. The topological polar surface area (TPSA) is 132 Å². The number of aryl methyl sites for hydroxylation is 1. The normalized spacial score (nSPS) is 11.0. The van der Waals surface area contributed by atoms with Crippen molar-refractivity contribution in [3.8, 4) is 23.4 Å². The molecule has 1 amide bonds. The Labute approximate surface area is 223 Å². The Balaban J connectivity index is 1.75. The van der Waals surface area contributed by atoms with Crippen LogP contribution >= 0.6 is 0 Å². The molecule has 4 aromatic rings. The number of esters is 1. The number of carbonyl (C=O) groups excluding carboxylic acids is 2. The summed E-state index contributed by atoms with van der Waals surface area (Å²) in [6.45, 7) is 3.73. The standard InChI is InChI=1S/C29H24N4O6/c1-4-38-29(36)19-11-13-21(14-12-19)31-26(34)20(17-30)16-22-27(39-24-10-6-5-9-23(24)37-3)32-25-18(2)8-7-15-33(25)28(22)35/h5-16H,4H2,1-3H3,(H,31,34)/b20-16-. The van der Waals surface area contributed by atoms with Crippen LogP contribution in [0, 0.1) is 18.3 Å². The number of nitrogens with zero attached hydrogens (tertiary/aromatic N) is 3. The van der Waals surface area contributed by atoms with E-state index in [-0.39, 0.29) is 23.6 Å². The zero-order valence-electron chi connectivity index (χ0n) is 21.4. The lowest BCUT2D eigenvalue weighted by Crippen LogP contribution is -2.20. The third-order valence-corrected chi connectivity index (χ3v) is 5.63. The van der Waals surface area contributed by atoms with Gasteiger partial charge in [-0.25, -0.2) is 4.79 Å². The number of para-hydroxylation sites is 2. The van der Waals surface area contributed by atoms with Crippen molar-refractivity contribution < 1.29 is 23.8 Å². The molecule has 0 aliphatic heterocycles. The molecule has 0 unspecified atom stereocenters. The number of hydrogen-bond donors (Lipinski definition) is 1. The second-order valence-electron chi connectivity index (χ2n) is 8.20. The van der Waals surface area contributed by atoms with Crippen LogP contribution in [0.4, 0.5) is 5.69 Å². The SMILES string of the molecule is CCOC(=O)c1ccc(NC(=O)/C(C#N)=C\c2c(Oc3ccccc3OC)nc3c(C)cccn3c2=O)cc1. The average Bonchev–Trinajstić information content (AvgIpc) is 2.94. The highest BCUT2D eigenvalue weighted by Crippen LogP contribution is 2.32. The number of carbonyl (C=O) groups is 2. The molecule has 0 bridgehead atoms. The quantitative estimate of drug-likeness (QED) is 0.202. The van der Waals surface area contributed by atoms with Gasteiger partial charge in [0, 0.05) is 11.9 Å². The molecule has 196 valence electrons. The highest BCUT2D eigenvalue weighted by atomic mass is 16.5. The number of fused-ring (bicyclic) bond motifs is 1. The minimum Gasteiger partial charge on any atom is -0.493 e. The van der Waals surface area contributed by atoms with Crippen LogP contribution in [0.2, 0.25) is 0 Å². The minimum absolute atomic E-state index is 0.0989. The zero-order chi connectivity index (χ0) is 27.9. The van der Waals surface area contributed by atoms with Gasteiger partial charge in [-0.1, -0.05) is 18.2 Å². The molecule has 0 saturated carbocycles. The Morgan fingerprint density at radius 1 is 1.08 bits per heavy atom. The fourth-order valence-electron chi connectivity index (χ4n) is 3.70. The van der Waals surface area contributed by atoms with Crippen LogP contribution in [-0.2, 0) is 9.53 Å². The van der Waals surface area contributed by atoms with Crippen molar-refractivity contribution >= 4 is 29.3 Å². The largest absolute Gasteiger partial charge is 0.493 e. The molecule has 1 N–H and O–H groups in total. The van der Waals surface area contributed by atoms with Gasteiger partial charge in [-0.3, -0.25) is 14.0 Å². The van der Waals surface area contributed by atoms with Gasteiger partial charge in [-0.05, 0) is 68.0 Å². The van der Waals surface area contributed by atoms with Gasteiger partial charge in [0.05, 0.1) is 19.3 Å². The molecule has 2 heterocycles. The number of anilines is 1. The van der Waals surface area contributed by atoms with Crippen molar-refractivity contribution in [3.63, 3.8) is 0 Å². The molecule has 0 atom stereocenters. The Hall–Kier alpha value is -5.43. The lowest BCUT2D eigenvalue weighted by atomic mass is 10.1. The summed E-state index contributed by atoms with van der Waals surface area (Å²) in [5, 5.41) is 12.4. The van der Waals surface area contributed by atoms with E-state index in [1.807, 2.05) is 6.07 Å². The summed E-state index contributed by atoms with van der Waals surface area (Å²) < 4.78 is 17.6. The van der Waals surface area contributed by atoms with Gasteiger partial charge in [-0.15, -0.1) is 0 Å². The third-order valence-electron chi connectivity index (χ3n) is 5.63. The average molecular weight is 525 g/mol. The van der Waals surface area contributed by atoms with Crippen molar-refractivity contribution in [3.05, 3.63) is 99.5 Å². The number of amides is 1. The van der Waals surface area contributed by atoms with E-state index < -0.39 is 17.4 Å². The van der Waals surface area contributed by atoms with Crippen LogP contribution in [0.3, 0.4) is 0 Å². The van der Waals surface area contributed by atoms with Gasteiger partial charge in [0.1, 0.15) is 22.9 Å². The summed E-state index contributed by atoms with van der Waals surface area (Å²) in [6, 6.07) is 18.1. The van der Waals surface area contributed by atoms with Crippen LogP contribution in [-0.4, -0.2) is 35.0 Å². The Morgan fingerprint density at radius 3 is 2.46 bits per heavy atom. The number of hydrogen-bond acceptors (Lipinski definition) is 8. The summed E-state index contributed by atoms with van der Waals surface area (Å²) in [6.07, 6.45) is 2.68. The molecular formula is C29H24N4O6. The van der Waals surface area contributed by atoms with E-state index in [2.05, 4.69) is 10.3 Å². The highest BCUT2D eigenvalue weighted by molar-refractivity contribution is 6.10. The van der Waals surface area contributed by atoms with Crippen molar-refractivity contribution in [1.82, 2.24) is 9.38 Å². The summed E-state index contributed by atoms with van der Waals surface area (Å²) >= 11 is 0. The van der Waals surface area contributed by atoms with E-state index in [1.54, 1.807) is 56.4 Å². The van der Waals surface area contributed by atoms with Crippen molar-refractivity contribution in [2.45, 2.75) is 13.8 Å². The number of nitrogens with one attached hydrogen (secondary N) is 1. The van der Waals surface area contributed by atoms with E-state index in [9.17, 15) is 19.6 Å². The third kappa shape index (κ3) is 5.78. The molecule has 2 aromatic heterocycles. The maximum absolute atomic E-state index is 13.5. The van der Waals surface area contributed by atoms with E-state index in [0.717, 1.165) is 11.6 Å². The summed E-state index contributed by atoms with van der Waals surface area (Å²) in [5.74, 6) is -0.653. The molecule has 0 fully saturated rings. The monoisotopic (exact) mass is 524 g/mol. The summed E-state index contributed by atoms with van der Waals surface area (Å²) in [7, 11) is 1.48. The van der Waals surface area contributed by atoms with Crippen LogP contribution in [0.15, 0.2) is 77.2 Å². The number of aromatic nitrogens is 2. The minimum atomic E-state index is -0.765. The first-order valence-electron chi connectivity index (χ1n) is 11.9. The highest BCUT2D eigenvalue weighted by Gasteiger charge is 2.19. The van der Waals surface area contributed by atoms with Gasteiger partial charge in [0.25, 0.3) is 11.5 Å². The summed E-state index contributed by atoms with van der Waals surface area (Å²) in [5.41, 5.74) is 0.731.